The molecule has 2 aromatic rings. The number of ether oxygens (including phenoxy) is 1. The molecule has 6 nitrogen and oxygen atoms in total. The first kappa shape index (κ1) is 18.8. The van der Waals surface area contributed by atoms with Crippen molar-refractivity contribution < 1.29 is 14.0 Å². The highest BCUT2D eigenvalue weighted by Gasteiger charge is 2.51. The van der Waals surface area contributed by atoms with E-state index in [-0.39, 0.29) is 5.69 Å². The number of imidazole rings is 1. The van der Waals surface area contributed by atoms with E-state index in [0.29, 0.717) is 13.1 Å². The van der Waals surface area contributed by atoms with Gasteiger partial charge < -0.3 is 14.0 Å². The minimum absolute atomic E-state index is 0.0319. The molecule has 1 aliphatic heterocycles. The van der Waals surface area contributed by atoms with E-state index in [2.05, 4.69) is 0 Å². The molecule has 0 atom stereocenters. The van der Waals surface area contributed by atoms with Crippen molar-refractivity contribution in [2.75, 3.05) is 7.11 Å². The van der Waals surface area contributed by atoms with Crippen LogP contribution in [0.1, 0.15) is 40.2 Å². The quantitative estimate of drug-likeness (QED) is 0.768. The molecule has 1 fully saturated rings. The van der Waals surface area contributed by atoms with Gasteiger partial charge in [0, 0.05) is 24.5 Å². The number of rotatable bonds is 5. The Morgan fingerprint density at radius 1 is 1.08 bits per heavy atom. The maximum Gasteiger partial charge on any atom is 0.494 e. The van der Waals surface area contributed by atoms with Gasteiger partial charge in [-0.05, 0) is 46.1 Å². The van der Waals surface area contributed by atoms with Gasteiger partial charge in [0.1, 0.15) is 5.75 Å². The number of benzene rings is 1. The zero-order valence-electron chi connectivity index (χ0n) is 16.4. The summed E-state index contributed by atoms with van der Waals surface area (Å²) in [7, 11) is 1.19. The van der Waals surface area contributed by atoms with E-state index in [9.17, 15) is 4.79 Å². The van der Waals surface area contributed by atoms with Crippen LogP contribution in [-0.4, -0.2) is 34.6 Å². The zero-order chi connectivity index (χ0) is 19.1. The number of hydrogen-bond acceptors (Lipinski definition) is 4. The monoisotopic (exact) mass is 358 g/mol. The Balaban J connectivity index is 1.92. The summed E-state index contributed by atoms with van der Waals surface area (Å²) in [6.45, 7) is 11.2. The second-order valence-corrected chi connectivity index (χ2v) is 7.65. The molecule has 1 aromatic carbocycles. The van der Waals surface area contributed by atoms with Crippen molar-refractivity contribution in [3.63, 3.8) is 0 Å². The molecule has 1 saturated heterocycles. The summed E-state index contributed by atoms with van der Waals surface area (Å²) < 4.78 is 21.1. The Bertz CT molecular complexity index is 837. The molecule has 1 aliphatic rings. The molecule has 1 aromatic heterocycles. The molecule has 140 valence electrons. The number of aromatic nitrogens is 2. The van der Waals surface area contributed by atoms with E-state index in [1.165, 1.54) is 0 Å². The van der Waals surface area contributed by atoms with Crippen LogP contribution >= 0.6 is 0 Å². The summed E-state index contributed by atoms with van der Waals surface area (Å²) >= 11 is 0. The maximum absolute atomic E-state index is 12.4. The number of methoxy groups -OCH3 is 1. The molecule has 0 spiro atoms. The third-order valence-electron chi connectivity index (χ3n) is 5.43. The lowest BCUT2D eigenvalue weighted by molar-refractivity contribution is 0.00578. The number of nitrogens with zero attached hydrogens (tertiary/aromatic N) is 2. The highest BCUT2D eigenvalue weighted by molar-refractivity contribution is 6.62. The molecule has 7 heteroatoms. The third-order valence-corrected chi connectivity index (χ3v) is 5.43. The summed E-state index contributed by atoms with van der Waals surface area (Å²) in [6.07, 6.45) is 3.60. The van der Waals surface area contributed by atoms with Crippen molar-refractivity contribution in [2.24, 2.45) is 0 Å². The molecule has 0 saturated carbocycles. The van der Waals surface area contributed by atoms with Gasteiger partial charge >= 0.3 is 12.8 Å². The third kappa shape index (κ3) is 3.21. The molecular formula is C19H27BN2O4. The van der Waals surface area contributed by atoms with Crippen molar-refractivity contribution in [3.05, 3.63) is 46.6 Å². The average Bonchev–Trinajstić information content (AvgIpc) is 3.03. The normalized spacial score (nSPS) is 18.3. The Morgan fingerprint density at radius 2 is 1.69 bits per heavy atom. The topological polar surface area (TPSA) is 54.6 Å². The van der Waals surface area contributed by atoms with Gasteiger partial charge in [-0.2, -0.15) is 0 Å². The maximum atomic E-state index is 12.4. The Labute approximate surface area is 154 Å². The Kier molecular flexibility index (Phi) is 4.79. The molecule has 0 unspecified atom stereocenters. The van der Waals surface area contributed by atoms with E-state index >= 15 is 0 Å². The summed E-state index contributed by atoms with van der Waals surface area (Å²) in [5, 5.41) is 0. The van der Waals surface area contributed by atoms with Crippen LogP contribution in [0.2, 0.25) is 0 Å². The van der Waals surface area contributed by atoms with Gasteiger partial charge in [-0.1, -0.05) is 12.1 Å². The van der Waals surface area contributed by atoms with Crippen molar-refractivity contribution in [2.45, 2.75) is 58.9 Å². The Hall–Kier alpha value is -1.99. The lowest BCUT2D eigenvalue weighted by atomic mass is 9.78. The van der Waals surface area contributed by atoms with Crippen LogP contribution in [0.15, 0.2) is 35.4 Å². The molecule has 2 heterocycles. The van der Waals surface area contributed by atoms with E-state index in [1.54, 1.807) is 28.6 Å². The smallest absolute Gasteiger partial charge is 0.494 e. The van der Waals surface area contributed by atoms with Crippen LogP contribution in [0.5, 0.6) is 5.75 Å². The molecule has 26 heavy (non-hydrogen) atoms. The molecule has 0 amide bonds. The summed E-state index contributed by atoms with van der Waals surface area (Å²) in [5.74, 6) is 0.737. The van der Waals surface area contributed by atoms with E-state index in [1.807, 2.05) is 52.8 Å². The summed E-state index contributed by atoms with van der Waals surface area (Å²) in [5.41, 5.74) is 1.01. The van der Waals surface area contributed by atoms with Crippen molar-refractivity contribution >= 4 is 12.6 Å². The lowest BCUT2D eigenvalue weighted by Crippen LogP contribution is -2.41. The van der Waals surface area contributed by atoms with Gasteiger partial charge in [0.05, 0.1) is 24.9 Å². The summed E-state index contributed by atoms with van der Waals surface area (Å²) in [6, 6.07) is 5.85. The van der Waals surface area contributed by atoms with Crippen LogP contribution in [0.4, 0.5) is 0 Å². The van der Waals surface area contributed by atoms with Crippen LogP contribution in [0.25, 0.3) is 0 Å². The van der Waals surface area contributed by atoms with E-state index < -0.39 is 18.3 Å². The number of aryl methyl sites for hydroxylation is 1. The van der Waals surface area contributed by atoms with Crippen LogP contribution in [0.3, 0.4) is 0 Å². The van der Waals surface area contributed by atoms with E-state index in [0.717, 1.165) is 16.8 Å². The molecule has 3 rings (SSSR count). The van der Waals surface area contributed by atoms with Gasteiger partial charge in [0.15, 0.2) is 0 Å². The molecular weight excluding hydrogens is 331 g/mol. The van der Waals surface area contributed by atoms with Crippen molar-refractivity contribution in [1.29, 1.82) is 0 Å². The lowest BCUT2D eigenvalue weighted by Gasteiger charge is -2.32. The second kappa shape index (κ2) is 6.63. The van der Waals surface area contributed by atoms with Gasteiger partial charge in [-0.3, -0.25) is 9.13 Å². The van der Waals surface area contributed by atoms with Crippen molar-refractivity contribution in [1.82, 2.24) is 9.13 Å². The fourth-order valence-electron chi connectivity index (χ4n) is 3.05. The summed E-state index contributed by atoms with van der Waals surface area (Å²) in [4.78, 5) is 12.4. The fraction of sp³-hybridized carbons (Fsp3) is 0.526. The fourth-order valence-corrected chi connectivity index (χ4v) is 3.05. The number of hydrogen-bond donors (Lipinski definition) is 0. The average molecular weight is 358 g/mol. The first-order chi connectivity index (χ1) is 12.2. The predicted molar refractivity (Wildman–Crippen MR) is 102 cm³/mol. The second-order valence-electron chi connectivity index (χ2n) is 7.65. The van der Waals surface area contributed by atoms with Crippen LogP contribution in [0, 0.1) is 0 Å². The van der Waals surface area contributed by atoms with Gasteiger partial charge in [-0.25, -0.2) is 4.79 Å². The largest absolute Gasteiger partial charge is 0.496 e. The molecule has 0 aliphatic carbocycles. The standard InChI is InChI=1S/C19H27BN2O4/c1-7-21-10-11-22(17(21)23)13-14-12-15(8-9-16(14)24-6)20-25-18(2,3)19(4,5)26-20/h8-12H,7,13H2,1-6H3. The molecule has 0 radical (unpaired) electrons. The first-order valence-corrected chi connectivity index (χ1v) is 8.96. The Morgan fingerprint density at radius 3 is 2.23 bits per heavy atom. The zero-order valence-corrected chi connectivity index (χ0v) is 16.4. The van der Waals surface area contributed by atoms with Crippen LogP contribution < -0.4 is 15.9 Å². The predicted octanol–water partition coefficient (Wildman–Crippen LogP) is 2.03. The highest BCUT2D eigenvalue weighted by Crippen LogP contribution is 2.36. The molecule has 0 bridgehead atoms. The minimum atomic E-state index is -0.443. The van der Waals surface area contributed by atoms with Crippen LogP contribution in [-0.2, 0) is 22.4 Å². The van der Waals surface area contributed by atoms with Gasteiger partial charge in [0.2, 0.25) is 0 Å². The minimum Gasteiger partial charge on any atom is -0.496 e. The molecule has 0 N–H and O–H groups in total. The van der Waals surface area contributed by atoms with Crippen molar-refractivity contribution in [3.8, 4) is 5.75 Å². The van der Waals surface area contributed by atoms with Gasteiger partial charge in [0.25, 0.3) is 0 Å². The van der Waals surface area contributed by atoms with E-state index in [4.69, 9.17) is 14.0 Å². The first-order valence-electron chi connectivity index (χ1n) is 8.96. The van der Waals surface area contributed by atoms with Gasteiger partial charge in [-0.15, -0.1) is 0 Å². The SMILES string of the molecule is CCn1ccn(Cc2cc(B3OC(C)(C)C(C)(C)O3)ccc2OC)c1=O. The highest BCUT2D eigenvalue weighted by atomic mass is 16.7.